The van der Waals surface area contributed by atoms with Gasteiger partial charge in [-0.2, -0.15) is 0 Å². The van der Waals surface area contributed by atoms with Gasteiger partial charge in [0, 0.05) is 36.7 Å². The predicted molar refractivity (Wildman–Crippen MR) is 132 cm³/mol. The zero-order valence-corrected chi connectivity index (χ0v) is 20.4. The smallest absolute Gasteiger partial charge is 0.293 e. The topological polar surface area (TPSA) is 53.7 Å². The van der Waals surface area contributed by atoms with Gasteiger partial charge in [0.05, 0.1) is 17.7 Å². The fourth-order valence-corrected chi connectivity index (χ4v) is 8.44. The Bertz CT molecular complexity index is 1170. The Morgan fingerprint density at radius 3 is 2.81 bits per heavy atom. The van der Waals surface area contributed by atoms with E-state index in [2.05, 4.69) is 47.3 Å². The van der Waals surface area contributed by atoms with Crippen LogP contribution in [0, 0.1) is 0 Å². The molecule has 0 spiro atoms. The fraction of sp³-hybridized carbons (Fsp3) is 0.500. The second-order valence-corrected chi connectivity index (χ2v) is 14.2. The van der Waals surface area contributed by atoms with E-state index in [9.17, 15) is 4.79 Å². The number of hydrogen-bond acceptors (Lipinski definition) is 4. The van der Waals surface area contributed by atoms with E-state index in [1.807, 2.05) is 0 Å². The molecule has 0 bridgehead atoms. The van der Waals surface area contributed by atoms with E-state index < -0.39 is 8.07 Å². The van der Waals surface area contributed by atoms with Crippen molar-refractivity contribution in [2.75, 3.05) is 31.6 Å². The normalized spacial score (nSPS) is 17.8. The first-order valence-electron chi connectivity index (χ1n) is 12.2. The molecule has 0 aromatic heterocycles. The van der Waals surface area contributed by atoms with Crippen molar-refractivity contribution < 1.29 is 9.53 Å². The summed E-state index contributed by atoms with van der Waals surface area (Å²) in [5, 5.41) is 9.20. The lowest BCUT2D eigenvalue weighted by atomic mass is 10.0. The molecule has 0 saturated heterocycles. The first-order chi connectivity index (χ1) is 15.6. The molecule has 2 aromatic rings. The number of nitrogens with one attached hydrogen (secondary N) is 1. The minimum atomic E-state index is -1.84. The van der Waals surface area contributed by atoms with Crippen LogP contribution in [0.2, 0.25) is 13.1 Å². The van der Waals surface area contributed by atoms with Gasteiger partial charge in [-0.3, -0.25) is 4.79 Å². The van der Waals surface area contributed by atoms with Crippen molar-refractivity contribution in [3.05, 3.63) is 46.1 Å². The summed E-state index contributed by atoms with van der Waals surface area (Å²) in [7, 11) is -1.84. The lowest BCUT2D eigenvalue weighted by molar-refractivity contribution is -0.128. The SMILES string of the molecule is C[Si]1(C)c2cc3c(cc2N=c2cc4c(cc21)=[N+](CCCCCOC=O)CCC4)CCCN3. The van der Waals surface area contributed by atoms with Crippen molar-refractivity contribution >= 4 is 36.3 Å². The first-order valence-corrected chi connectivity index (χ1v) is 15.2. The lowest BCUT2D eigenvalue weighted by Crippen LogP contribution is -2.62. The average Bonchev–Trinajstić information content (AvgIpc) is 2.79. The van der Waals surface area contributed by atoms with Crippen LogP contribution in [0.3, 0.4) is 0 Å². The maximum Gasteiger partial charge on any atom is 0.293 e. The van der Waals surface area contributed by atoms with Crippen molar-refractivity contribution in [3.8, 4) is 0 Å². The Labute approximate surface area is 191 Å². The molecule has 5 rings (SSSR count). The van der Waals surface area contributed by atoms with Crippen LogP contribution in [0.5, 0.6) is 0 Å². The Hall–Kier alpha value is -2.47. The molecule has 0 atom stereocenters. The van der Waals surface area contributed by atoms with E-state index >= 15 is 0 Å². The minimum absolute atomic E-state index is 0.535. The highest BCUT2D eigenvalue weighted by atomic mass is 28.3. The highest BCUT2D eigenvalue weighted by Crippen LogP contribution is 2.28. The molecule has 6 heteroatoms. The number of carbonyl (C=O) groups is 1. The molecule has 32 heavy (non-hydrogen) atoms. The number of aryl methyl sites for hydroxylation is 2. The van der Waals surface area contributed by atoms with E-state index in [0.29, 0.717) is 13.1 Å². The number of carbonyl (C=O) groups excluding carboxylic acids is 1. The van der Waals surface area contributed by atoms with Gasteiger partial charge in [0.15, 0.2) is 0 Å². The second kappa shape index (κ2) is 8.81. The molecule has 0 aliphatic carbocycles. The lowest BCUT2D eigenvalue weighted by Gasteiger charge is -2.31. The van der Waals surface area contributed by atoms with Crippen molar-refractivity contribution in [2.24, 2.45) is 4.99 Å². The second-order valence-electron chi connectivity index (χ2n) is 9.91. The largest absolute Gasteiger partial charge is 0.468 e. The molecule has 5 nitrogen and oxygen atoms in total. The van der Waals surface area contributed by atoms with Crippen LogP contribution in [0.15, 0.2) is 29.3 Å². The third-order valence-corrected chi connectivity index (χ3v) is 10.9. The maximum atomic E-state index is 10.3. The van der Waals surface area contributed by atoms with Gasteiger partial charge in [0.1, 0.15) is 21.2 Å². The summed E-state index contributed by atoms with van der Waals surface area (Å²) in [6, 6.07) is 9.66. The van der Waals surface area contributed by atoms with Gasteiger partial charge in [-0.15, -0.1) is 0 Å². The highest BCUT2D eigenvalue weighted by Gasteiger charge is 2.35. The molecule has 168 valence electrons. The van der Waals surface area contributed by atoms with Crippen molar-refractivity contribution in [1.29, 1.82) is 0 Å². The molecule has 0 fully saturated rings. The molecule has 1 N–H and O–H groups in total. The summed E-state index contributed by atoms with van der Waals surface area (Å²) in [4.78, 5) is 15.5. The van der Waals surface area contributed by atoms with Gasteiger partial charge in [0.2, 0.25) is 5.36 Å². The van der Waals surface area contributed by atoms with E-state index in [-0.39, 0.29) is 0 Å². The van der Waals surface area contributed by atoms with Crippen molar-refractivity contribution in [2.45, 2.75) is 58.0 Å². The summed E-state index contributed by atoms with van der Waals surface area (Å²) in [5.41, 5.74) is 5.42. The van der Waals surface area contributed by atoms with Crippen molar-refractivity contribution in [3.63, 3.8) is 0 Å². The number of benzene rings is 2. The third-order valence-electron chi connectivity index (χ3n) is 7.42. The minimum Gasteiger partial charge on any atom is -0.468 e. The number of ether oxygens (including phenoxy) is 1. The average molecular weight is 449 g/mol. The number of hydrogen-bond donors (Lipinski definition) is 1. The van der Waals surface area contributed by atoms with Gasteiger partial charge in [0.25, 0.3) is 6.47 Å². The monoisotopic (exact) mass is 448 g/mol. The predicted octanol–water partition coefficient (Wildman–Crippen LogP) is 1.91. The molecular weight excluding hydrogens is 414 g/mol. The number of unbranched alkanes of at least 4 members (excludes halogenated alkanes) is 2. The summed E-state index contributed by atoms with van der Waals surface area (Å²) in [6.07, 6.45) is 7.87. The Morgan fingerprint density at radius 2 is 1.94 bits per heavy atom. The van der Waals surface area contributed by atoms with E-state index in [4.69, 9.17) is 9.73 Å². The number of anilines is 1. The standard InChI is InChI=1S/C26H33N3O2Si/c1-32(2)25-16-21-19(8-6-10-27-21)14-22(25)28-23-15-20-9-7-12-29(24(20)17-26(23)32)11-4-3-5-13-31-18-30/h14-18H,3-13H2,1-2H3/p+1. The van der Waals surface area contributed by atoms with Gasteiger partial charge < -0.3 is 10.1 Å². The molecule has 0 amide bonds. The van der Waals surface area contributed by atoms with Crippen LogP contribution in [0.1, 0.15) is 43.2 Å². The zero-order valence-electron chi connectivity index (χ0n) is 19.4. The van der Waals surface area contributed by atoms with Gasteiger partial charge >= 0.3 is 0 Å². The molecule has 0 saturated carbocycles. The number of fused-ring (bicyclic) bond motifs is 4. The Kier molecular flexibility index (Phi) is 5.89. The van der Waals surface area contributed by atoms with Crippen LogP contribution < -0.4 is 31.0 Å². The number of nitrogens with zero attached hydrogens (tertiary/aromatic N) is 2. The summed E-state index contributed by atoms with van der Waals surface area (Å²) < 4.78 is 7.40. The first kappa shape index (κ1) is 21.4. The Morgan fingerprint density at radius 1 is 1.06 bits per heavy atom. The van der Waals surface area contributed by atoms with Crippen LogP contribution in [0.25, 0.3) is 0 Å². The quantitative estimate of drug-likeness (QED) is 0.305. The number of rotatable bonds is 7. The zero-order chi connectivity index (χ0) is 22.1. The summed E-state index contributed by atoms with van der Waals surface area (Å²) in [5.74, 6) is 0. The molecule has 0 radical (unpaired) electrons. The Balaban J connectivity index is 1.52. The fourth-order valence-electron chi connectivity index (χ4n) is 5.61. The van der Waals surface area contributed by atoms with Crippen LogP contribution in [0.4, 0.5) is 11.4 Å². The highest BCUT2D eigenvalue weighted by molar-refractivity contribution is 7.01. The maximum absolute atomic E-state index is 10.3. The van der Waals surface area contributed by atoms with Crippen LogP contribution in [-0.2, 0) is 22.4 Å². The molecule has 3 heterocycles. The van der Waals surface area contributed by atoms with Gasteiger partial charge in [-0.05, 0) is 66.2 Å². The van der Waals surface area contributed by atoms with E-state index in [0.717, 1.165) is 51.7 Å². The van der Waals surface area contributed by atoms with Gasteiger partial charge in [-0.25, -0.2) is 9.57 Å². The van der Waals surface area contributed by atoms with Gasteiger partial charge in [-0.1, -0.05) is 13.1 Å². The third kappa shape index (κ3) is 3.89. The summed E-state index contributed by atoms with van der Waals surface area (Å²) in [6.45, 7) is 9.33. The summed E-state index contributed by atoms with van der Waals surface area (Å²) >= 11 is 0. The molecule has 3 aliphatic heterocycles. The molecule has 2 aromatic carbocycles. The molecule has 3 aliphatic rings. The van der Waals surface area contributed by atoms with E-state index in [1.165, 1.54) is 56.4 Å². The molecular formula is C26H34N3O2Si+. The van der Waals surface area contributed by atoms with Crippen LogP contribution in [-0.4, -0.2) is 40.8 Å². The van der Waals surface area contributed by atoms with Crippen LogP contribution >= 0.6 is 0 Å². The molecule has 0 unspecified atom stereocenters. The van der Waals surface area contributed by atoms with Crippen molar-refractivity contribution in [1.82, 2.24) is 4.58 Å². The van der Waals surface area contributed by atoms with E-state index in [1.54, 1.807) is 0 Å².